The summed E-state index contributed by atoms with van der Waals surface area (Å²) in [4.78, 5) is 10.7. The molecule has 0 aliphatic rings. The normalized spacial score (nSPS) is 11.9. The lowest BCUT2D eigenvalue weighted by Crippen LogP contribution is -2.14. The van der Waals surface area contributed by atoms with Crippen molar-refractivity contribution >= 4 is 21.9 Å². The third kappa shape index (κ3) is 3.85. The van der Waals surface area contributed by atoms with Crippen LogP contribution in [0.2, 0.25) is 0 Å². The number of halogens is 1. The molecule has 0 aromatic rings. The summed E-state index contributed by atoms with van der Waals surface area (Å²) in [7, 11) is 4.24. The van der Waals surface area contributed by atoms with Crippen molar-refractivity contribution in [2.45, 2.75) is 6.29 Å². The van der Waals surface area contributed by atoms with Gasteiger partial charge < -0.3 is 14.2 Å². The van der Waals surface area contributed by atoms with Crippen LogP contribution in [-0.2, 0) is 19.0 Å². The molecule has 12 heavy (non-hydrogen) atoms. The van der Waals surface area contributed by atoms with Crippen LogP contribution in [0.5, 0.6) is 0 Å². The highest BCUT2D eigenvalue weighted by atomic mass is 79.9. The monoisotopic (exact) mass is 238 g/mol. The molecule has 0 amide bonds. The zero-order valence-electron chi connectivity index (χ0n) is 7.17. The first-order valence-corrected chi connectivity index (χ1v) is 3.95. The second-order valence-electron chi connectivity index (χ2n) is 1.86. The number of methoxy groups -OCH3 is 3. The van der Waals surface area contributed by atoms with E-state index in [0.29, 0.717) is 4.48 Å². The average molecular weight is 239 g/mol. The summed E-state index contributed by atoms with van der Waals surface area (Å²) in [5.41, 5.74) is 0. The Balaban J connectivity index is 4.23. The van der Waals surface area contributed by atoms with Crippen molar-refractivity contribution < 1.29 is 19.0 Å². The van der Waals surface area contributed by atoms with Gasteiger partial charge in [-0.2, -0.15) is 0 Å². The van der Waals surface area contributed by atoms with Crippen LogP contribution >= 0.6 is 15.9 Å². The van der Waals surface area contributed by atoms with Gasteiger partial charge in [0.1, 0.15) is 0 Å². The first-order chi connectivity index (χ1) is 5.65. The maximum absolute atomic E-state index is 10.7. The summed E-state index contributed by atoms with van der Waals surface area (Å²) < 4.78 is 14.6. The Hall–Kier alpha value is -0.390. The van der Waals surface area contributed by atoms with Gasteiger partial charge in [-0.1, -0.05) is 0 Å². The van der Waals surface area contributed by atoms with Crippen molar-refractivity contribution in [1.29, 1.82) is 0 Å². The Morgan fingerprint density at radius 2 is 1.83 bits per heavy atom. The van der Waals surface area contributed by atoms with Crippen molar-refractivity contribution in [2.24, 2.45) is 0 Å². The Bertz CT molecular complexity index is 174. The Morgan fingerprint density at radius 1 is 1.33 bits per heavy atom. The number of esters is 1. The molecule has 0 aromatic heterocycles. The molecule has 0 atom stereocenters. The lowest BCUT2D eigenvalue weighted by Gasteiger charge is -2.11. The molecular weight excluding hydrogens is 228 g/mol. The van der Waals surface area contributed by atoms with E-state index in [2.05, 4.69) is 20.7 Å². The van der Waals surface area contributed by atoms with Crippen molar-refractivity contribution in [3.63, 3.8) is 0 Å². The minimum atomic E-state index is -0.566. The molecule has 5 heteroatoms. The van der Waals surface area contributed by atoms with E-state index >= 15 is 0 Å². The lowest BCUT2D eigenvalue weighted by atomic mass is 10.5. The van der Waals surface area contributed by atoms with Crippen molar-refractivity contribution in [1.82, 2.24) is 0 Å². The van der Waals surface area contributed by atoms with E-state index < -0.39 is 12.3 Å². The Morgan fingerprint density at radius 3 is 2.17 bits per heavy atom. The fraction of sp³-hybridized carbons (Fsp3) is 0.571. The van der Waals surface area contributed by atoms with Crippen molar-refractivity contribution in [3.05, 3.63) is 10.6 Å². The molecule has 0 heterocycles. The van der Waals surface area contributed by atoms with Gasteiger partial charge in [-0.25, -0.2) is 4.79 Å². The van der Waals surface area contributed by atoms with Crippen LogP contribution in [0.1, 0.15) is 0 Å². The maximum atomic E-state index is 10.7. The van der Waals surface area contributed by atoms with E-state index in [1.165, 1.54) is 27.4 Å². The van der Waals surface area contributed by atoms with E-state index in [0.717, 1.165) is 0 Å². The highest BCUT2D eigenvalue weighted by Gasteiger charge is 2.10. The maximum Gasteiger partial charge on any atom is 0.331 e. The third-order valence-electron chi connectivity index (χ3n) is 1.11. The molecule has 0 spiro atoms. The van der Waals surface area contributed by atoms with E-state index in [1.54, 1.807) is 0 Å². The van der Waals surface area contributed by atoms with E-state index in [-0.39, 0.29) is 0 Å². The topological polar surface area (TPSA) is 44.8 Å². The zero-order valence-corrected chi connectivity index (χ0v) is 8.75. The average Bonchev–Trinajstić information content (AvgIpc) is 2.06. The van der Waals surface area contributed by atoms with Gasteiger partial charge in [0.15, 0.2) is 6.29 Å². The number of hydrogen-bond acceptors (Lipinski definition) is 4. The molecule has 0 rings (SSSR count). The molecule has 0 fully saturated rings. The molecule has 0 bridgehead atoms. The van der Waals surface area contributed by atoms with Crippen LogP contribution in [0.3, 0.4) is 0 Å². The first kappa shape index (κ1) is 11.6. The molecule has 0 aliphatic heterocycles. The van der Waals surface area contributed by atoms with Gasteiger partial charge in [-0.05, 0) is 15.9 Å². The first-order valence-electron chi connectivity index (χ1n) is 3.16. The van der Waals surface area contributed by atoms with Gasteiger partial charge in [-0.3, -0.25) is 0 Å². The van der Waals surface area contributed by atoms with Gasteiger partial charge in [0.25, 0.3) is 0 Å². The fourth-order valence-corrected chi connectivity index (χ4v) is 1.12. The molecular formula is C7H11BrO4. The minimum absolute atomic E-state index is 0.457. The molecule has 70 valence electrons. The Kier molecular flexibility index (Phi) is 5.96. The smallest absolute Gasteiger partial charge is 0.331 e. The van der Waals surface area contributed by atoms with Gasteiger partial charge in [-0.15, -0.1) is 0 Å². The number of carbonyl (C=O) groups is 1. The summed E-state index contributed by atoms with van der Waals surface area (Å²) in [5.74, 6) is -0.457. The quantitative estimate of drug-likeness (QED) is 0.418. The summed E-state index contributed by atoms with van der Waals surface area (Å²) >= 11 is 3.12. The molecule has 0 unspecified atom stereocenters. The summed E-state index contributed by atoms with van der Waals surface area (Å²) in [6, 6.07) is 0. The molecule has 0 saturated heterocycles. The highest BCUT2D eigenvalue weighted by Crippen LogP contribution is 2.14. The number of hydrogen-bond donors (Lipinski definition) is 0. The second-order valence-corrected chi connectivity index (χ2v) is 2.77. The van der Waals surface area contributed by atoms with Crippen LogP contribution in [0.15, 0.2) is 10.6 Å². The predicted molar refractivity (Wildman–Crippen MR) is 46.8 cm³/mol. The van der Waals surface area contributed by atoms with E-state index in [4.69, 9.17) is 9.47 Å². The predicted octanol–water partition coefficient (Wildman–Crippen LogP) is 1.06. The largest absolute Gasteiger partial charge is 0.466 e. The standard InChI is InChI=1S/C7H11BrO4/c1-10-6(9)4-5(8)7(11-2)12-3/h4,7H,1-3H3. The highest BCUT2D eigenvalue weighted by molar-refractivity contribution is 9.11. The summed E-state index contributed by atoms with van der Waals surface area (Å²) in [6.07, 6.45) is 0.682. The minimum Gasteiger partial charge on any atom is -0.466 e. The van der Waals surface area contributed by atoms with E-state index in [1.807, 2.05) is 0 Å². The van der Waals surface area contributed by atoms with Crippen LogP contribution in [0, 0.1) is 0 Å². The van der Waals surface area contributed by atoms with Crippen molar-refractivity contribution in [3.8, 4) is 0 Å². The molecule has 0 N–H and O–H groups in total. The second kappa shape index (κ2) is 6.16. The Labute approximate surface area is 79.6 Å². The molecule has 0 aromatic carbocycles. The number of carbonyl (C=O) groups excluding carboxylic acids is 1. The van der Waals surface area contributed by atoms with Gasteiger partial charge in [0.2, 0.25) is 0 Å². The van der Waals surface area contributed by atoms with Crippen LogP contribution < -0.4 is 0 Å². The SMILES string of the molecule is COC(=O)C=C(Br)C(OC)OC. The summed E-state index contributed by atoms with van der Waals surface area (Å²) in [5, 5.41) is 0. The molecule has 0 saturated carbocycles. The summed E-state index contributed by atoms with van der Waals surface area (Å²) in [6.45, 7) is 0. The van der Waals surface area contributed by atoms with E-state index in [9.17, 15) is 4.79 Å². The van der Waals surface area contributed by atoms with Gasteiger partial charge in [0, 0.05) is 20.3 Å². The zero-order chi connectivity index (χ0) is 9.56. The van der Waals surface area contributed by atoms with Crippen molar-refractivity contribution in [2.75, 3.05) is 21.3 Å². The lowest BCUT2D eigenvalue weighted by molar-refractivity contribution is -0.135. The molecule has 0 radical (unpaired) electrons. The number of rotatable bonds is 4. The fourth-order valence-electron chi connectivity index (χ4n) is 0.561. The van der Waals surface area contributed by atoms with Crippen LogP contribution in [0.25, 0.3) is 0 Å². The third-order valence-corrected chi connectivity index (χ3v) is 1.71. The molecule has 0 aliphatic carbocycles. The van der Waals surface area contributed by atoms with Crippen LogP contribution in [0.4, 0.5) is 0 Å². The van der Waals surface area contributed by atoms with Crippen LogP contribution in [-0.4, -0.2) is 33.6 Å². The molecule has 4 nitrogen and oxygen atoms in total. The van der Waals surface area contributed by atoms with Gasteiger partial charge in [0.05, 0.1) is 11.6 Å². The van der Waals surface area contributed by atoms with Gasteiger partial charge >= 0.3 is 5.97 Å². The number of ether oxygens (including phenoxy) is 3.